The monoisotopic (exact) mass is 121 g/mol. The first kappa shape index (κ1) is 6.78. The third-order valence-corrected chi connectivity index (χ3v) is 0.653. The van der Waals surface area contributed by atoms with Gasteiger partial charge in [0.15, 0.2) is 0 Å². The number of hydrogen-bond acceptors (Lipinski definition) is 4. The molecule has 0 aromatic heterocycles. The standard InChI is InChI=1S/C3H7NO2S/c1-6-3(5)2(4)7/h2,7H,4H2,1H3. The Morgan fingerprint density at radius 2 is 2.43 bits per heavy atom. The predicted molar refractivity (Wildman–Crippen MR) is 29.0 cm³/mol. The number of nitrogens with two attached hydrogens (primary N) is 1. The first-order valence-electron chi connectivity index (χ1n) is 1.70. The molecule has 1 unspecified atom stereocenters. The van der Waals surface area contributed by atoms with Gasteiger partial charge in [0, 0.05) is 0 Å². The zero-order valence-electron chi connectivity index (χ0n) is 3.92. The van der Waals surface area contributed by atoms with Crippen LogP contribution in [0.5, 0.6) is 0 Å². The quantitative estimate of drug-likeness (QED) is 0.276. The highest BCUT2D eigenvalue weighted by Crippen LogP contribution is 1.84. The SMILES string of the molecule is COC(=O)C(N)S. The zero-order chi connectivity index (χ0) is 5.86. The summed E-state index contributed by atoms with van der Waals surface area (Å²) in [7, 11) is 1.26. The van der Waals surface area contributed by atoms with Crippen molar-refractivity contribution in [3.8, 4) is 0 Å². The van der Waals surface area contributed by atoms with Gasteiger partial charge in [0.25, 0.3) is 0 Å². The van der Waals surface area contributed by atoms with Crippen molar-refractivity contribution in [1.82, 2.24) is 0 Å². The average Bonchev–Trinajstić information content (AvgIpc) is 1.65. The predicted octanol–water partition coefficient (Wildman–Crippen LogP) is -0.626. The Kier molecular flexibility index (Phi) is 2.78. The fraction of sp³-hybridized carbons (Fsp3) is 0.667. The molecule has 0 aliphatic heterocycles. The van der Waals surface area contributed by atoms with Gasteiger partial charge < -0.3 is 10.5 Å². The normalized spacial score (nSPS) is 13.0. The van der Waals surface area contributed by atoms with Gasteiger partial charge >= 0.3 is 5.97 Å². The number of ether oxygens (including phenoxy) is 1. The summed E-state index contributed by atoms with van der Waals surface area (Å²) in [5.41, 5.74) is 4.94. The van der Waals surface area contributed by atoms with Crippen LogP contribution in [0.4, 0.5) is 0 Å². The summed E-state index contributed by atoms with van der Waals surface area (Å²) in [4.78, 5) is 10.1. The van der Waals surface area contributed by atoms with Crippen LogP contribution in [0, 0.1) is 0 Å². The van der Waals surface area contributed by atoms with Crippen LogP contribution in [0.2, 0.25) is 0 Å². The van der Waals surface area contributed by atoms with E-state index < -0.39 is 11.3 Å². The summed E-state index contributed by atoms with van der Waals surface area (Å²) in [5, 5.41) is -0.801. The number of methoxy groups -OCH3 is 1. The Morgan fingerprint density at radius 1 is 2.00 bits per heavy atom. The van der Waals surface area contributed by atoms with Crippen LogP contribution < -0.4 is 5.73 Å². The lowest BCUT2D eigenvalue weighted by atomic mass is 10.7. The first-order chi connectivity index (χ1) is 3.18. The Bertz CT molecular complexity index is 73.3. The molecule has 2 N–H and O–H groups in total. The molecular formula is C3H7NO2S. The van der Waals surface area contributed by atoms with Crippen LogP contribution in [0.15, 0.2) is 0 Å². The summed E-state index contributed by atoms with van der Waals surface area (Å²) in [5.74, 6) is -0.511. The van der Waals surface area contributed by atoms with E-state index in [-0.39, 0.29) is 0 Å². The van der Waals surface area contributed by atoms with Gasteiger partial charge in [-0.2, -0.15) is 0 Å². The first-order valence-corrected chi connectivity index (χ1v) is 2.21. The van der Waals surface area contributed by atoms with Crippen molar-refractivity contribution >= 4 is 18.6 Å². The highest BCUT2D eigenvalue weighted by molar-refractivity contribution is 7.81. The number of carbonyl (C=O) groups is 1. The second-order valence-corrected chi connectivity index (χ2v) is 1.52. The van der Waals surface area contributed by atoms with E-state index >= 15 is 0 Å². The molecule has 0 aliphatic carbocycles. The molecule has 0 fully saturated rings. The molecule has 0 saturated carbocycles. The molecule has 0 bridgehead atoms. The molecule has 7 heavy (non-hydrogen) atoms. The number of thiol groups is 1. The molecular weight excluding hydrogens is 114 g/mol. The van der Waals surface area contributed by atoms with E-state index in [1.807, 2.05) is 0 Å². The Morgan fingerprint density at radius 3 is 2.43 bits per heavy atom. The molecule has 0 spiro atoms. The zero-order valence-corrected chi connectivity index (χ0v) is 4.81. The van der Waals surface area contributed by atoms with E-state index in [1.54, 1.807) is 0 Å². The summed E-state index contributed by atoms with van der Waals surface area (Å²) in [6.45, 7) is 0. The fourth-order valence-electron chi connectivity index (χ4n) is 0.121. The van der Waals surface area contributed by atoms with Gasteiger partial charge in [0.05, 0.1) is 7.11 Å². The molecule has 0 rings (SSSR count). The van der Waals surface area contributed by atoms with Crippen molar-refractivity contribution in [2.45, 2.75) is 5.37 Å². The number of esters is 1. The van der Waals surface area contributed by atoms with Gasteiger partial charge in [-0.1, -0.05) is 0 Å². The van der Waals surface area contributed by atoms with E-state index in [9.17, 15) is 4.79 Å². The maximum absolute atomic E-state index is 10.1. The molecule has 0 aliphatic rings. The van der Waals surface area contributed by atoms with E-state index in [0.29, 0.717) is 0 Å². The smallest absolute Gasteiger partial charge is 0.332 e. The van der Waals surface area contributed by atoms with E-state index in [0.717, 1.165) is 0 Å². The van der Waals surface area contributed by atoms with Crippen molar-refractivity contribution in [3.63, 3.8) is 0 Å². The highest BCUT2D eigenvalue weighted by atomic mass is 32.1. The van der Waals surface area contributed by atoms with Gasteiger partial charge in [-0.15, -0.1) is 12.6 Å². The van der Waals surface area contributed by atoms with Crippen LogP contribution in [-0.4, -0.2) is 18.5 Å². The van der Waals surface area contributed by atoms with Crippen LogP contribution in [0.25, 0.3) is 0 Å². The molecule has 42 valence electrons. The highest BCUT2D eigenvalue weighted by Gasteiger charge is 2.04. The topological polar surface area (TPSA) is 52.3 Å². The third kappa shape index (κ3) is 2.47. The van der Waals surface area contributed by atoms with E-state index in [4.69, 9.17) is 5.73 Å². The summed E-state index contributed by atoms with van der Waals surface area (Å²) >= 11 is 3.58. The minimum atomic E-state index is -0.801. The summed E-state index contributed by atoms with van der Waals surface area (Å²) in [6, 6.07) is 0. The van der Waals surface area contributed by atoms with Crippen LogP contribution >= 0.6 is 12.6 Å². The molecule has 0 saturated heterocycles. The van der Waals surface area contributed by atoms with Crippen molar-refractivity contribution in [3.05, 3.63) is 0 Å². The van der Waals surface area contributed by atoms with Crippen LogP contribution in [0.3, 0.4) is 0 Å². The lowest BCUT2D eigenvalue weighted by molar-refractivity contribution is -0.139. The Balaban J connectivity index is 3.35. The number of rotatable bonds is 1. The Hall–Kier alpha value is -0.220. The van der Waals surface area contributed by atoms with Gasteiger partial charge in [0.1, 0.15) is 5.37 Å². The van der Waals surface area contributed by atoms with Crippen LogP contribution in [0.1, 0.15) is 0 Å². The van der Waals surface area contributed by atoms with Gasteiger partial charge in [-0.3, -0.25) is 0 Å². The van der Waals surface area contributed by atoms with Gasteiger partial charge in [0.2, 0.25) is 0 Å². The molecule has 0 aromatic rings. The summed E-state index contributed by atoms with van der Waals surface area (Å²) in [6.07, 6.45) is 0. The minimum absolute atomic E-state index is 0.511. The van der Waals surface area contributed by atoms with Gasteiger partial charge in [-0.05, 0) is 0 Å². The van der Waals surface area contributed by atoms with Crippen molar-refractivity contribution in [1.29, 1.82) is 0 Å². The minimum Gasteiger partial charge on any atom is -0.467 e. The lowest BCUT2D eigenvalue weighted by Gasteiger charge is -1.97. The van der Waals surface area contributed by atoms with Gasteiger partial charge in [-0.25, -0.2) is 4.79 Å². The number of hydrogen-bond donors (Lipinski definition) is 2. The van der Waals surface area contributed by atoms with Crippen molar-refractivity contribution in [2.24, 2.45) is 5.73 Å². The van der Waals surface area contributed by atoms with E-state index in [1.165, 1.54) is 7.11 Å². The molecule has 0 aromatic carbocycles. The molecule has 3 nitrogen and oxygen atoms in total. The van der Waals surface area contributed by atoms with E-state index in [2.05, 4.69) is 17.4 Å². The number of carbonyl (C=O) groups excluding carboxylic acids is 1. The summed E-state index contributed by atoms with van der Waals surface area (Å²) < 4.78 is 4.17. The maximum Gasteiger partial charge on any atom is 0.332 e. The Labute approximate surface area is 47.2 Å². The van der Waals surface area contributed by atoms with Crippen LogP contribution in [-0.2, 0) is 9.53 Å². The largest absolute Gasteiger partial charge is 0.467 e. The molecule has 0 heterocycles. The molecule has 4 heteroatoms. The second kappa shape index (κ2) is 2.87. The molecule has 0 radical (unpaired) electrons. The average molecular weight is 121 g/mol. The molecule has 1 atom stereocenters. The fourth-order valence-corrected chi connectivity index (χ4v) is 0.226. The van der Waals surface area contributed by atoms with Crippen molar-refractivity contribution in [2.75, 3.05) is 7.11 Å². The molecule has 0 amide bonds. The second-order valence-electron chi connectivity index (χ2n) is 0.968. The van der Waals surface area contributed by atoms with Crippen molar-refractivity contribution < 1.29 is 9.53 Å². The third-order valence-electron chi connectivity index (χ3n) is 0.443. The lowest BCUT2D eigenvalue weighted by Crippen LogP contribution is -2.24. The maximum atomic E-state index is 10.1.